The number of nitrogens with zero attached hydrogens (tertiary/aromatic N) is 2. The van der Waals surface area contributed by atoms with Crippen molar-refractivity contribution < 1.29 is 0 Å². The summed E-state index contributed by atoms with van der Waals surface area (Å²) >= 11 is 7.39. The zero-order chi connectivity index (χ0) is 7.84. The van der Waals surface area contributed by atoms with Crippen molar-refractivity contribution in [3.63, 3.8) is 0 Å². The molecule has 2 rings (SSSR count). The highest BCUT2D eigenvalue weighted by molar-refractivity contribution is 7.15. The summed E-state index contributed by atoms with van der Waals surface area (Å²) in [5.74, 6) is 0. The van der Waals surface area contributed by atoms with Crippen molar-refractivity contribution in [3.8, 4) is 0 Å². The number of aromatic nitrogens is 1. The fraction of sp³-hybridized carbons (Fsp3) is 0.571. The van der Waals surface area contributed by atoms with Gasteiger partial charge in [0.2, 0.25) is 0 Å². The van der Waals surface area contributed by atoms with Gasteiger partial charge in [-0.05, 0) is 7.05 Å². The van der Waals surface area contributed by atoms with Crippen LogP contribution in [-0.4, -0.2) is 23.5 Å². The lowest BCUT2D eigenvalue weighted by atomic mass is 10.2. The van der Waals surface area contributed by atoms with E-state index in [0.29, 0.717) is 4.47 Å². The molecule has 11 heavy (non-hydrogen) atoms. The van der Waals surface area contributed by atoms with Crippen LogP contribution in [0.3, 0.4) is 0 Å². The molecule has 60 valence electrons. The van der Waals surface area contributed by atoms with E-state index in [2.05, 4.69) is 16.9 Å². The van der Waals surface area contributed by atoms with E-state index in [1.807, 2.05) is 0 Å². The smallest absolute Gasteiger partial charge is 0.184 e. The van der Waals surface area contributed by atoms with Crippen LogP contribution in [0.5, 0.6) is 0 Å². The zero-order valence-corrected chi connectivity index (χ0v) is 7.87. The molecule has 1 aliphatic rings. The molecule has 1 aromatic rings. The van der Waals surface area contributed by atoms with Crippen LogP contribution < -0.4 is 0 Å². The van der Waals surface area contributed by atoms with Crippen molar-refractivity contribution in [3.05, 3.63) is 15.0 Å². The molecule has 0 spiro atoms. The summed E-state index contributed by atoms with van der Waals surface area (Å²) in [7, 11) is 2.12. The van der Waals surface area contributed by atoms with Crippen LogP contribution in [0.2, 0.25) is 4.47 Å². The summed E-state index contributed by atoms with van der Waals surface area (Å²) in [6, 6.07) is 0. The topological polar surface area (TPSA) is 16.1 Å². The third-order valence-corrected chi connectivity index (χ3v) is 3.08. The van der Waals surface area contributed by atoms with Gasteiger partial charge in [0, 0.05) is 24.4 Å². The number of halogens is 1. The molecule has 0 saturated carbocycles. The highest BCUT2D eigenvalue weighted by Crippen LogP contribution is 2.26. The van der Waals surface area contributed by atoms with Crippen molar-refractivity contribution >= 4 is 22.9 Å². The molecule has 0 saturated heterocycles. The molecule has 1 aliphatic heterocycles. The molecule has 2 heterocycles. The van der Waals surface area contributed by atoms with Crippen LogP contribution in [-0.2, 0) is 13.0 Å². The second kappa shape index (κ2) is 2.73. The standard InChI is InChI=1S/C7H9ClN2S/c1-10-3-2-5-6(4-10)11-7(8)9-5/h2-4H2,1H3. The summed E-state index contributed by atoms with van der Waals surface area (Å²) in [6.45, 7) is 2.12. The normalized spacial score (nSPS) is 18.4. The Kier molecular flexibility index (Phi) is 1.87. The third-order valence-electron chi connectivity index (χ3n) is 1.90. The number of likely N-dealkylation sites (N-methyl/N-ethyl adjacent to an activating group) is 1. The average Bonchev–Trinajstić information content (AvgIpc) is 2.27. The Morgan fingerprint density at radius 2 is 2.45 bits per heavy atom. The fourth-order valence-electron chi connectivity index (χ4n) is 1.29. The first kappa shape index (κ1) is 7.53. The molecular weight excluding hydrogens is 180 g/mol. The fourth-order valence-corrected chi connectivity index (χ4v) is 2.58. The number of hydrogen-bond acceptors (Lipinski definition) is 3. The van der Waals surface area contributed by atoms with Crippen LogP contribution in [0, 0.1) is 0 Å². The van der Waals surface area contributed by atoms with E-state index in [0.717, 1.165) is 19.5 Å². The highest BCUT2D eigenvalue weighted by atomic mass is 35.5. The maximum Gasteiger partial charge on any atom is 0.184 e. The van der Waals surface area contributed by atoms with Gasteiger partial charge in [0.25, 0.3) is 0 Å². The van der Waals surface area contributed by atoms with Crippen molar-refractivity contribution in [2.24, 2.45) is 0 Å². The predicted octanol–water partition coefficient (Wildman–Crippen LogP) is 1.78. The van der Waals surface area contributed by atoms with Gasteiger partial charge in [-0.1, -0.05) is 11.6 Å². The Balaban J connectivity index is 2.34. The molecule has 2 nitrogen and oxygen atoms in total. The molecule has 0 radical (unpaired) electrons. The predicted molar refractivity (Wildman–Crippen MR) is 47.2 cm³/mol. The second-order valence-corrected chi connectivity index (χ2v) is 4.49. The molecular formula is C7H9ClN2S. The van der Waals surface area contributed by atoms with Crippen molar-refractivity contribution in [2.45, 2.75) is 13.0 Å². The molecule has 0 unspecified atom stereocenters. The quantitative estimate of drug-likeness (QED) is 0.617. The first-order valence-electron chi connectivity index (χ1n) is 3.58. The highest BCUT2D eigenvalue weighted by Gasteiger charge is 2.16. The maximum absolute atomic E-state index is 5.79. The number of rotatable bonds is 0. The second-order valence-electron chi connectivity index (χ2n) is 2.82. The van der Waals surface area contributed by atoms with E-state index in [1.165, 1.54) is 10.6 Å². The molecule has 0 aliphatic carbocycles. The minimum atomic E-state index is 0.685. The number of fused-ring (bicyclic) bond motifs is 1. The number of hydrogen-bond donors (Lipinski definition) is 0. The van der Waals surface area contributed by atoms with Gasteiger partial charge in [0.05, 0.1) is 5.69 Å². The van der Waals surface area contributed by atoms with Crippen molar-refractivity contribution in [2.75, 3.05) is 13.6 Å². The van der Waals surface area contributed by atoms with E-state index in [-0.39, 0.29) is 0 Å². The van der Waals surface area contributed by atoms with E-state index >= 15 is 0 Å². The van der Waals surface area contributed by atoms with Gasteiger partial charge in [0.15, 0.2) is 4.47 Å². The Morgan fingerprint density at radius 3 is 3.27 bits per heavy atom. The molecule has 1 aromatic heterocycles. The Morgan fingerprint density at radius 1 is 1.64 bits per heavy atom. The van der Waals surface area contributed by atoms with Gasteiger partial charge in [0.1, 0.15) is 0 Å². The molecule has 4 heteroatoms. The first-order valence-corrected chi connectivity index (χ1v) is 4.78. The van der Waals surface area contributed by atoms with Gasteiger partial charge >= 0.3 is 0 Å². The molecule has 0 atom stereocenters. The third kappa shape index (κ3) is 1.41. The lowest BCUT2D eigenvalue weighted by Gasteiger charge is -2.20. The van der Waals surface area contributed by atoms with Crippen LogP contribution >= 0.6 is 22.9 Å². The van der Waals surface area contributed by atoms with Crippen LogP contribution in [0.4, 0.5) is 0 Å². The largest absolute Gasteiger partial charge is 0.301 e. The molecule has 0 fully saturated rings. The van der Waals surface area contributed by atoms with Crippen LogP contribution in [0.15, 0.2) is 0 Å². The Bertz CT molecular complexity index is 271. The average molecular weight is 189 g/mol. The first-order chi connectivity index (χ1) is 5.25. The summed E-state index contributed by atoms with van der Waals surface area (Å²) in [4.78, 5) is 7.87. The summed E-state index contributed by atoms with van der Waals surface area (Å²) < 4.78 is 0.685. The van der Waals surface area contributed by atoms with Gasteiger partial charge in [-0.15, -0.1) is 11.3 Å². The molecule has 0 bridgehead atoms. The monoisotopic (exact) mass is 188 g/mol. The van der Waals surface area contributed by atoms with E-state index < -0.39 is 0 Å². The van der Waals surface area contributed by atoms with Gasteiger partial charge < -0.3 is 4.90 Å². The van der Waals surface area contributed by atoms with Crippen LogP contribution in [0.1, 0.15) is 10.6 Å². The Hall–Kier alpha value is -0.120. The molecule has 0 aromatic carbocycles. The van der Waals surface area contributed by atoms with Crippen molar-refractivity contribution in [1.29, 1.82) is 0 Å². The lowest BCUT2D eigenvalue weighted by molar-refractivity contribution is 0.314. The minimum absolute atomic E-state index is 0.685. The lowest BCUT2D eigenvalue weighted by Crippen LogP contribution is -2.25. The van der Waals surface area contributed by atoms with Crippen molar-refractivity contribution in [1.82, 2.24) is 9.88 Å². The zero-order valence-electron chi connectivity index (χ0n) is 6.30. The molecule has 0 amide bonds. The van der Waals surface area contributed by atoms with Gasteiger partial charge in [-0.25, -0.2) is 4.98 Å². The maximum atomic E-state index is 5.79. The van der Waals surface area contributed by atoms with E-state index in [9.17, 15) is 0 Å². The van der Waals surface area contributed by atoms with E-state index in [1.54, 1.807) is 11.3 Å². The minimum Gasteiger partial charge on any atom is -0.301 e. The summed E-state index contributed by atoms with van der Waals surface area (Å²) in [6.07, 6.45) is 1.05. The van der Waals surface area contributed by atoms with Crippen LogP contribution in [0.25, 0.3) is 0 Å². The number of thiazole rings is 1. The SMILES string of the molecule is CN1CCc2nc(Cl)sc2C1. The Labute approximate surface area is 74.8 Å². The molecule has 0 N–H and O–H groups in total. The van der Waals surface area contributed by atoms with Gasteiger partial charge in [-0.3, -0.25) is 0 Å². The summed E-state index contributed by atoms with van der Waals surface area (Å²) in [5, 5.41) is 0. The summed E-state index contributed by atoms with van der Waals surface area (Å²) in [5.41, 5.74) is 1.21. The van der Waals surface area contributed by atoms with E-state index in [4.69, 9.17) is 11.6 Å². The van der Waals surface area contributed by atoms with Gasteiger partial charge in [-0.2, -0.15) is 0 Å².